The zero-order valence-corrected chi connectivity index (χ0v) is 13.6. The lowest BCUT2D eigenvalue weighted by atomic mass is 9.97. The second-order valence-corrected chi connectivity index (χ2v) is 7.25. The molecule has 0 spiro atoms. The number of benzene rings is 2. The molecule has 1 N–H and O–H groups in total. The molecule has 0 fully saturated rings. The van der Waals surface area contributed by atoms with Gasteiger partial charge in [-0.05, 0) is 41.8 Å². The molecule has 1 atom stereocenters. The molecule has 2 aromatic carbocycles. The normalized spacial score (nSPS) is 12.8. The van der Waals surface area contributed by atoms with Gasteiger partial charge in [0.1, 0.15) is 5.82 Å². The number of halogens is 1. The van der Waals surface area contributed by atoms with E-state index in [4.69, 9.17) is 5.26 Å². The number of nitrogens with zero attached hydrogens (tertiary/aromatic N) is 1. The molecule has 0 bridgehead atoms. The second-order valence-electron chi connectivity index (χ2n) is 5.53. The lowest BCUT2D eigenvalue weighted by Gasteiger charge is -2.23. The molecule has 4 nitrogen and oxygen atoms in total. The zero-order chi connectivity index (χ0) is 17.0. The standard InChI is InChI=1S/C17H17FN2O2S/c1-12(2)17(14-6-8-15(18)9-7-14)20-23(21,22)16-5-3-4-13(10-16)11-19/h3-10,12,17,20H,1-2H3. The van der Waals surface area contributed by atoms with Crippen LogP contribution in [0.1, 0.15) is 31.0 Å². The van der Waals surface area contributed by atoms with Crippen LogP contribution in [0.15, 0.2) is 53.4 Å². The van der Waals surface area contributed by atoms with Gasteiger partial charge in [-0.25, -0.2) is 17.5 Å². The van der Waals surface area contributed by atoms with E-state index in [0.717, 1.165) is 0 Å². The summed E-state index contributed by atoms with van der Waals surface area (Å²) in [6, 6.07) is 13.0. The molecular weight excluding hydrogens is 315 g/mol. The molecule has 6 heteroatoms. The highest BCUT2D eigenvalue weighted by molar-refractivity contribution is 7.89. The maximum atomic E-state index is 13.1. The first-order valence-corrected chi connectivity index (χ1v) is 8.60. The van der Waals surface area contributed by atoms with E-state index in [0.29, 0.717) is 5.56 Å². The minimum Gasteiger partial charge on any atom is -0.207 e. The maximum Gasteiger partial charge on any atom is 0.241 e. The van der Waals surface area contributed by atoms with Gasteiger partial charge in [-0.3, -0.25) is 0 Å². The van der Waals surface area contributed by atoms with Crippen LogP contribution in [0.3, 0.4) is 0 Å². The zero-order valence-electron chi connectivity index (χ0n) is 12.8. The topological polar surface area (TPSA) is 70.0 Å². The molecule has 0 saturated heterocycles. The summed E-state index contributed by atoms with van der Waals surface area (Å²) in [5, 5.41) is 8.90. The molecule has 0 heterocycles. The lowest BCUT2D eigenvalue weighted by molar-refractivity contribution is 0.462. The van der Waals surface area contributed by atoms with Gasteiger partial charge >= 0.3 is 0 Å². The van der Waals surface area contributed by atoms with Crippen molar-refractivity contribution in [3.05, 3.63) is 65.5 Å². The summed E-state index contributed by atoms with van der Waals surface area (Å²) in [5.74, 6) is -0.407. The van der Waals surface area contributed by atoms with Crippen LogP contribution >= 0.6 is 0 Å². The molecule has 120 valence electrons. The van der Waals surface area contributed by atoms with Crippen LogP contribution in [0.2, 0.25) is 0 Å². The fraction of sp³-hybridized carbons (Fsp3) is 0.235. The molecule has 0 aromatic heterocycles. The van der Waals surface area contributed by atoms with E-state index in [1.165, 1.54) is 30.3 Å². The molecule has 0 radical (unpaired) electrons. The Morgan fingerprint density at radius 3 is 2.35 bits per heavy atom. The Morgan fingerprint density at radius 1 is 1.13 bits per heavy atom. The Balaban J connectivity index is 2.35. The van der Waals surface area contributed by atoms with Crippen molar-refractivity contribution >= 4 is 10.0 Å². The van der Waals surface area contributed by atoms with E-state index < -0.39 is 16.1 Å². The summed E-state index contributed by atoms with van der Waals surface area (Å²) >= 11 is 0. The number of hydrogen-bond acceptors (Lipinski definition) is 3. The number of nitriles is 1. The highest BCUT2D eigenvalue weighted by Gasteiger charge is 2.24. The van der Waals surface area contributed by atoms with Gasteiger partial charge in [0, 0.05) is 6.04 Å². The Bertz CT molecular complexity index is 824. The van der Waals surface area contributed by atoms with Gasteiger partial charge in [0.2, 0.25) is 10.0 Å². The van der Waals surface area contributed by atoms with Crippen LogP contribution in [0.5, 0.6) is 0 Å². The largest absolute Gasteiger partial charge is 0.241 e. The van der Waals surface area contributed by atoms with Crippen LogP contribution in [0, 0.1) is 23.1 Å². The molecule has 1 unspecified atom stereocenters. The minimum absolute atomic E-state index is 0.0318. The fourth-order valence-electron chi connectivity index (χ4n) is 2.23. The Labute approximate surface area is 135 Å². The van der Waals surface area contributed by atoms with Crippen LogP contribution < -0.4 is 4.72 Å². The average Bonchev–Trinajstić information content (AvgIpc) is 2.53. The summed E-state index contributed by atoms with van der Waals surface area (Å²) in [6.07, 6.45) is 0. The number of rotatable bonds is 5. The van der Waals surface area contributed by atoms with Gasteiger partial charge < -0.3 is 0 Å². The van der Waals surface area contributed by atoms with Crippen LogP contribution in [-0.2, 0) is 10.0 Å². The van der Waals surface area contributed by atoms with Crippen molar-refractivity contribution in [1.29, 1.82) is 5.26 Å². The van der Waals surface area contributed by atoms with Gasteiger partial charge in [-0.15, -0.1) is 0 Å². The van der Waals surface area contributed by atoms with Gasteiger partial charge in [0.15, 0.2) is 0 Å². The van der Waals surface area contributed by atoms with Crippen molar-refractivity contribution < 1.29 is 12.8 Å². The lowest BCUT2D eigenvalue weighted by Crippen LogP contribution is -2.31. The monoisotopic (exact) mass is 332 g/mol. The molecule has 23 heavy (non-hydrogen) atoms. The number of sulfonamides is 1. The molecule has 2 aromatic rings. The third kappa shape index (κ3) is 4.15. The average molecular weight is 332 g/mol. The van der Waals surface area contributed by atoms with E-state index in [9.17, 15) is 12.8 Å². The summed E-state index contributed by atoms with van der Waals surface area (Å²) in [4.78, 5) is 0.0318. The predicted octanol–water partition coefficient (Wildman–Crippen LogP) is 3.37. The van der Waals surface area contributed by atoms with Gasteiger partial charge in [-0.1, -0.05) is 32.0 Å². The SMILES string of the molecule is CC(C)C(NS(=O)(=O)c1cccc(C#N)c1)c1ccc(F)cc1. The number of hydrogen-bond donors (Lipinski definition) is 1. The highest BCUT2D eigenvalue weighted by atomic mass is 32.2. The summed E-state index contributed by atoms with van der Waals surface area (Å²) in [7, 11) is -3.79. The van der Waals surface area contributed by atoms with Gasteiger partial charge in [-0.2, -0.15) is 5.26 Å². The van der Waals surface area contributed by atoms with Crippen molar-refractivity contribution in [2.75, 3.05) is 0 Å². The fourth-order valence-corrected chi connectivity index (χ4v) is 3.65. The molecule has 0 aliphatic carbocycles. The Kier molecular flexibility index (Phi) is 5.14. The van der Waals surface area contributed by atoms with Crippen molar-refractivity contribution in [3.8, 4) is 6.07 Å². The van der Waals surface area contributed by atoms with Crippen molar-refractivity contribution in [2.24, 2.45) is 5.92 Å². The van der Waals surface area contributed by atoms with Crippen LogP contribution in [0.4, 0.5) is 4.39 Å². The minimum atomic E-state index is -3.79. The first-order chi connectivity index (χ1) is 10.8. The first kappa shape index (κ1) is 17.1. The Hall–Kier alpha value is -2.23. The van der Waals surface area contributed by atoms with E-state index in [2.05, 4.69) is 4.72 Å². The van der Waals surface area contributed by atoms with Gasteiger partial charge in [0.25, 0.3) is 0 Å². The quantitative estimate of drug-likeness (QED) is 0.912. The summed E-state index contributed by atoms with van der Waals surface area (Å²) < 4.78 is 40.8. The smallest absolute Gasteiger partial charge is 0.207 e. The predicted molar refractivity (Wildman–Crippen MR) is 85.5 cm³/mol. The third-order valence-electron chi connectivity index (χ3n) is 3.45. The Morgan fingerprint density at radius 2 is 1.78 bits per heavy atom. The molecular formula is C17H17FN2O2S. The summed E-state index contributed by atoms with van der Waals surface area (Å²) in [5.41, 5.74) is 0.956. The summed E-state index contributed by atoms with van der Waals surface area (Å²) in [6.45, 7) is 3.75. The van der Waals surface area contributed by atoms with Gasteiger partial charge in [0.05, 0.1) is 16.5 Å². The highest BCUT2D eigenvalue weighted by Crippen LogP contribution is 2.24. The first-order valence-electron chi connectivity index (χ1n) is 7.11. The van der Waals surface area contributed by atoms with Crippen LogP contribution in [-0.4, -0.2) is 8.42 Å². The molecule has 0 aliphatic heterocycles. The van der Waals surface area contributed by atoms with Crippen molar-refractivity contribution in [1.82, 2.24) is 4.72 Å². The van der Waals surface area contributed by atoms with E-state index in [1.807, 2.05) is 19.9 Å². The van der Waals surface area contributed by atoms with E-state index in [1.54, 1.807) is 18.2 Å². The molecule has 0 aliphatic rings. The second kappa shape index (κ2) is 6.90. The molecule has 0 amide bonds. The van der Waals surface area contributed by atoms with E-state index >= 15 is 0 Å². The van der Waals surface area contributed by atoms with E-state index in [-0.39, 0.29) is 22.2 Å². The third-order valence-corrected chi connectivity index (χ3v) is 4.89. The van der Waals surface area contributed by atoms with Crippen LogP contribution in [0.25, 0.3) is 0 Å². The van der Waals surface area contributed by atoms with Crippen molar-refractivity contribution in [2.45, 2.75) is 24.8 Å². The molecule has 2 rings (SSSR count). The van der Waals surface area contributed by atoms with Crippen molar-refractivity contribution in [3.63, 3.8) is 0 Å². The number of nitrogens with one attached hydrogen (secondary N) is 1. The maximum absolute atomic E-state index is 13.1. The molecule has 0 saturated carbocycles.